The molecule has 1 aliphatic heterocycles. The molecule has 0 saturated carbocycles. The van der Waals surface area contributed by atoms with Crippen LogP contribution in [0.4, 0.5) is 0 Å². The lowest BCUT2D eigenvalue weighted by atomic mass is 9.99. The molecule has 0 fully saturated rings. The van der Waals surface area contributed by atoms with E-state index >= 15 is 0 Å². The second kappa shape index (κ2) is 6.95. The standard InChI is InChI=1S/C19H19N5O2/c1-14-8-9-23(12-17(14)18-3-2-10-26-18)19(25)11-15-4-6-16(7-5-15)24-13-20-21-22-24/h2-7,10,13H,8-9,11-12H2,1H3. The first-order chi connectivity index (χ1) is 12.7. The monoisotopic (exact) mass is 349 g/mol. The maximum Gasteiger partial charge on any atom is 0.227 e. The van der Waals surface area contributed by atoms with Gasteiger partial charge in [-0.15, -0.1) is 5.10 Å². The average Bonchev–Trinajstić information content (AvgIpc) is 3.37. The predicted octanol–water partition coefficient (Wildman–Crippen LogP) is 2.50. The molecule has 3 heterocycles. The van der Waals surface area contributed by atoms with E-state index in [0.29, 0.717) is 13.0 Å². The molecule has 0 aliphatic carbocycles. The minimum Gasteiger partial charge on any atom is -0.465 e. The van der Waals surface area contributed by atoms with Crippen LogP contribution in [0.15, 0.2) is 59.0 Å². The van der Waals surface area contributed by atoms with Crippen molar-refractivity contribution in [1.82, 2.24) is 25.1 Å². The van der Waals surface area contributed by atoms with Crippen LogP contribution in [0.25, 0.3) is 11.3 Å². The Labute approximate surface area is 150 Å². The summed E-state index contributed by atoms with van der Waals surface area (Å²) in [5.41, 5.74) is 4.24. The average molecular weight is 349 g/mol. The number of benzene rings is 1. The maximum atomic E-state index is 12.7. The van der Waals surface area contributed by atoms with Crippen molar-refractivity contribution in [2.45, 2.75) is 19.8 Å². The molecule has 0 saturated heterocycles. The van der Waals surface area contributed by atoms with E-state index in [-0.39, 0.29) is 5.91 Å². The number of amides is 1. The van der Waals surface area contributed by atoms with Gasteiger partial charge in [0.2, 0.25) is 5.91 Å². The molecule has 26 heavy (non-hydrogen) atoms. The van der Waals surface area contributed by atoms with Gasteiger partial charge in [-0.05, 0) is 53.6 Å². The van der Waals surface area contributed by atoms with Gasteiger partial charge in [0.25, 0.3) is 0 Å². The van der Waals surface area contributed by atoms with Gasteiger partial charge in [0.1, 0.15) is 12.1 Å². The number of rotatable bonds is 4. The second-order valence-electron chi connectivity index (χ2n) is 6.40. The fourth-order valence-electron chi connectivity index (χ4n) is 3.14. The third kappa shape index (κ3) is 3.28. The van der Waals surface area contributed by atoms with Gasteiger partial charge in [-0.2, -0.15) is 0 Å². The quantitative estimate of drug-likeness (QED) is 0.723. The molecule has 1 aliphatic rings. The van der Waals surface area contributed by atoms with Crippen LogP contribution in [0.5, 0.6) is 0 Å². The van der Waals surface area contributed by atoms with Crippen LogP contribution in [0.1, 0.15) is 24.7 Å². The van der Waals surface area contributed by atoms with Gasteiger partial charge in [0.05, 0.1) is 18.4 Å². The molecular formula is C19H19N5O2. The molecule has 0 unspecified atom stereocenters. The molecule has 7 heteroatoms. The van der Waals surface area contributed by atoms with Crippen molar-refractivity contribution in [3.63, 3.8) is 0 Å². The van der Waals surface area contributed by atoms with Crippen molar-refractivity contribution in [2.24, 2.45) is 0 Å². The van der Waals surface area contributed by atoms with E-state index in [9.17, 15) is 4.79 Å². The van der Waals surface area contributed by atoms with Crippen molar-refractivity contribution >= 4 is 11.5 Å². The lowest BCUT2D eigenvalue weighted by molar-refractivity contribution is -0.130. The van der Waals surface area contributed by atoms with Gasteiger partial charge < -0.3 is 9.32 Å². The largest absolute Gasteiger partial charge is 0.465 e. The molecule has 0 bridgehead atoms. The fraction of sp³-hybridized carbons (Fsp3) is 0.263. The highest BCUT2D eigenvalue weighted by Crippen LogP contribution is 2.27. The van der Waals surface area contributed by atoms with Crippen LogP contribution in [0.3, 0.4) is 0 Å². The van der Waals surface area contributed by atoms with Crippen molar-refractivity contribution < 1.29 is 9.21 Å². The summed E-state index contributed by atoms with van der Waals surface area (Å²) in [6, 6.07) is 11.5. The summed E-state index contributed by atoms with van der Waals surface area (Å²) in [6.07, 6.45) is 4.46. The zero-order valence-electron chi connectivity index (χ0n) is 14.5. The van der Waals surface area contributed by atoms with Crippen LogP contribution in [0, 0.1) is 0 Å². The lowest BCUT2D eigenvalue weighted by Gasteiger charge is -2.29. The molecule has 2 aromatic heterocycles. The van der Waals surface area contributed by atoms with E-state index in [1.54, 1.807) is 17.3 Å². The summed E-state index contributed by atoms with van der Waals surface area (Å²) in [6.45, 7) is 3.45. The summed E-state index contributed by atoms with van der Waals surface area (Å²) in [4.78, 5) is 14.6. The Morgan fingerprint density at radius 2 is 2.08 bits per heavy atom. The number of furan rings is 1. The molecule has 0 radical (unpaired) electrons. The predicted molar refractivity (Wildman–Crippen MR) is 95.4 cm³/mol. The number of aromatic nitrogens is 4. The van der Waals surface area contributed by atoms with Crippen LogP contribution in [0.2, 0.25) is 0 Å². The number of carbonyl (C=O) groups is 1. The fourth-order valence-corrected chi connectivity index (χ4v) is 3.14. The van der Waals surface area contributed by atoms with Crippen molar-refractivity contribution in [3.8, 4) is 5.69 Å². The Morgan fingerprint density at radius 1 is 1.23 bits per heavy atom. The minimum absolute atomic E-state index is 0.122. The smallest absolute Gasteiger partial charge is 0.227 e. The van der Waals surface area contributed by atoms with E-state index in [1.807, 2.05) is 41.3 Å². The third-order valence-electron chi connectivity index (χ3n) is 4.70. The molecule has 0 N–H and O–H groups in total. The molecule has 4 rings (SSSR count). The Kier molecular flexibility index (Phi) is 4.35. The summed E-state index contributed by atoms with van der Waals surface area (Å²) < 4.78 is 7.11. The topological polar surface area (TPSA) is 77.0 Å². The number of tetrazole rings is 1. The first-order valence-electron chi connectivity index (χ1n) is 8.53. The number of hydrogen-bond acceptors (Lipinski definition) is 5. The second-order valence-corrected chi connectivity index (χ2v) is 6.40. The van der Waals surface area contributed by atoms with E-state index in [0.717, 1.165) is 35.5 Å². The summed E-state index contributed by atoms with van der Waals surface area (Å²) in [5.74, 6) is 0.975. The number of nitrogens with zero attached hydrogens (tertiary/aromatic N) is 5. The van der Waals surface area contributed by atoms with Gasteiger partial charge >= 0.3 is 0 Å². The minimum atomic E-state index is 0.122. The number of carbonyl (C=O) groups excluding carboxylic acids is 1. The van der Waals surface area contributed by atoms with Crippen LogP contribution >= 0.6 is 0 Å². The summed E-state index contributed by atoms with van der Waals surface area (Å²) in [7, 11) is 0. The Morgan fingerprint density at radius 3 is 2.77 bits per heavy atom. The molecule has 1 amide bonds. The van der Waals surface area contributed by atoms with E-state index in [2.05, 4.69) is 22.4 Å². The first kappa shape index (κ1) is 16.3. The Hall–Kier alpha value is -3.22. The zero-order valence-corrected chi connectivity index (χ0v) is 14.5. The summed E-state index contributed by atoms with van der Waals surface area (Å²) in [5, 5.41) is 11.1. The van der Waals surface area contributed by atoms with Gasteiger partial charge in [0.15, 0.2) is 0 Å². The van der Waals surface area contributed by atoms with Crippen molar-refractivity contribution in [3.05, 3.63) is 65.9 Å². The zero-order chi connectivity index (χ0) is 17.9. The molecule has 0 spiro atoms. The van der Waals surface area contributed by atoms with Crippen LogP contribution in [-0.2, 0) is 11.2 Å². The molecule has 132 valence electrons. The summed E-state index contributed by atoms with van der Waals surface area (Å²) >= 11 is 0. The highest BCUT2D eigenvalue weighted by Gasteiger charge is 2.23. The molecule has 1 aromatic carbocycles. The van der Waals surface area contributed by atoms with Gasteiger partial charge in [-0.1, -0.05) is 17.7 Å². The molecule has 7 nitrogen and oxygen atoms in total. The van der Waals surface area contributed by atoms with Crippen molar-refractivity contribution in [1.29, 1.82) is 0 Å². The SMILES string of the molecule is CC1=C(c2ccco2)CN(C(=O)Cc2ccc(-n3cnnn3)cc2)CC1. The highest BCUT2D eigenvalue weighted by molar-refractivity contribution is 5.82. The van der Waals surface area contributed by atoms with Crippen LogP contribution < -0.4 is 0 Å². The van der Waals surface area contributed by atoms with Crippen LogP contribution in [-0.4, -0.2) is 44.1 Å². The Bertz CT molecular complexity index is 912. The van der Waals surface area contributed by atoms with Gasteiger partial charge in [-0.25, -0.2) is 4.68 Å². The molecule has 0 atom stereocenters. The van der Waals surface area contributed by atoms with E-state index < -0.39 is 0 Å². The molecule has 3 aromatic rings. The van der Waals surface area contributed by atoms with E-state index in [4.69, 9.17) is 4.42 Å². The van der Waals surface area contributed by atoms with E-state index in [1.165, 1.54) is 5.57 Å². The molecular weight excluding hydrogens is 330 g/mol. The highest BCUT2D eigenvalue weighted by atomic mass is 16.3. The lowest BCUT2D eigenvalue weighted by Crippen LogP contribution is -2.37. The first-order valence-corrected chi connectivity index (χ1v) is 8.53. The number of hydrogen-bond donors (Lipinski definition) is 0. The van der Waals surface area contributed by atoms with Gasteiger partial charge in [-0.3, -0.25) is 4.79 Å². The maximum absolute atomic E-state index is 12.7. The van der Waals surface area contributed by atoms with Crippen molar-refractivity contribution in [2.75, 3.05) is 13.1 Å². The normalized spacial score (nSPS) is 14.7. The third-order valence-corrected chi connectivity index (χ3v) is 4.70. The Balaban J connectivity index is 1.44. The van der Waals surface area contributed by atoms with Gasteiger partial charge in [0, 0.05) is 18.7 Å².